The van der Waals surface area contributed by atoms with Crippen LogP contribution in [0.2, 0.25) is 0 Å². The summed E-state index contributed by atoms with van der Waals surface area (Å²) < 4.78 is 35.4. The predicted molar refractivity (Wildman–Crippen MR) is 45.5 cm³/mol. The van der Waals surface area contributed by atoms with Crippen LogP contribution in [0, 0.1) is 0 Å². The highest BCUT2D eigenvalue weighted by molar-refractivity contribution is 7.82. The van der Waals surface area contributed by atoms with Crippen molar-refractivity contribution < 1.29 is 21.5 Å². The summed E-state index contributed by atoms with van der Waals surface area (Å²) in [6.45, 7) is 3.03. The molecule has 0 bridgehead atoms. The Morgan fingerprint density at radius 3 is 2.85 bits per heavy atom. The smallest absolute Gasteiger partial charge is 0.379 e. The maximum atomic E-state index is 10.6. The number of ether oxygens (including phenoxy) is 1. The van der Waals surface area contributed by atoms with E-state index in [-0.39, 0.29) is 13.2 Å². The van der Waals surface area contributed by atoms with Crippen molar-refractivity contribution in [2.75, 3.05) is 19.8 Å². The van der Waals surface area contributed by atoms with Crippen LogP contribution in [-0.4, -0.2) is 34.3 Å². The molecule has 0 radical (unpaired) electrons. The largest absolute Gasteiger partial charge is 0.400 e. The molecule has 0 unspecified atom stereocenters. The molecule has 1 aliphatic rings. The molecule has 0 aromatic rings. The van der Waals surface area contributed by atoms with E-state index in [2.05, 4.69) is 15.3 Å². The van der Waals surface area contributed by atoms with Crippen molar-refractivity contribution in [1.82, 2.24) is 0 Å². The Bertz CT molecular complexity index is 235. The topological polar surface area (TPSA) is 61.8 Å². The van der Waals surface area contributed by atoms with Crippen LogP contribution in [0.25, 0.3) is 0 Å². The van der Waals surface area contributed by atoms with Crippen LogP contribution in [0.4, 0.5) is 0 Å². The van der Waals surface area contributed by atoms with Gasteiger partial charge in [-0.2, -0.15) is 8.42 Å². The summed E-state index contributed by atoms with van der Waals surface area (Å²) in [4.78, 5) is 0. The summed E-state index contributed by atoms with van der Waals surface area (Å²) in [6, 6.07) is 0. The lowest BCUT2D eigenvalue weighted by molar-refractivity contribution is 0.0591. The third-order valence-corrected chi connectivity index (χ3v) is 2.53. The molecule has 0 amide bonds. The standard InChI is InChI=1S/C7H14O5S/c1-2-3-4-10-5-7-6-11-13(8,9)12-7/h7H,2-6H2,1H3/t7-/m0/s1. The lowest BCUT2D eigenvalue weighted by Gasteiger charge is -2.05. The minimum absolute atomic E-state index is 0.0639. The summed E-state index contributed by atoms with van der Waals surface area (Å²) in [5, 5.41) is 0. The van der Waals surface area contributed by atoms with Gasteiger partial charge in [-0.3, -0.25) is 0 Å². The number of unbranched alkanes of at least 4 members (excludes halogenated alkanes) is 1. The second kappa shape index (κ2) is 4.90. The summed E-state index contributed by atoms with van der Waals surface area (Å²) in [5.41, 5.74) is 0. The van der Waals surface area contributed by atoms with Gasteiger partial charge in [-0.1, -0.05) is 13.3 Å². The van der Waals surface area contributed by atoms with Crippen molar-refractivity contribution in [1.29, 1.82) is 0 Å². The lowest BCUT2D eigenvalue weighted by Crippen LogP contribution is -2.18. The molecule has 0 aliphatic carbocycles. The third-order valence-electron chi connectivity index (χ3n) is 1.60. The number of hydrogen-bond donors (Lipinski definition) is 0. The second-order valence-electron chi connectivity index (χ2n) is 2.84. The normalized spacial score (nSPS) is 26.4. The van der Waals surface area contributed by atoms with Crippen LogP contribution in [0.1, 0.15) is 19.8 Å². The molecule has 1 saturated heterocycles. The van der Waals surface area contributed by atoms with E-state index in [1.165, 1.54) is 0 Å². The van der Waals surface area contributed by atoms with Crippen molar-refractivity contribution in [3.05, 3.63) is 0 Å². The minimum Gasteiger partial charge on any atom is -0.379 e. The van der Waals surface area contributed by atoms with Crippen molar-refractivity contribution in [2.45, 2.75) is 25.9 Å². The molecule has 1 aliphatic heterocycles. The molecule has 5 nitrogen and oxygen atoms in total. The lowest BCUT2D eigenvalue weighted by atomic mass is 10.3. The molecular formula is C7H14O5S. The van der Waals surface area contributed by atoms with Gasteiger partial charge in [0.2, 0.25) is 0 Å². The highest BCUT2D eigenvalue weighted by atomic mass is 32.3. The molecule has 0 aromatic heterocycles. The van der Waals surface area contributed by atoms with Gasteiger partial charge in [0.1, 0.15) is 6.10 Å². The van der Waals surface area contributed by atoms with Gasteiger partial charge in [0.15, 0.2) is 0 Å². The molecule has 0 aromatic carbocycles. The average Bonchev–Trinajstić information content (AvgIpc) is 2.40. The average molecular weight is 210 g/mol. The molecule has 13 heavy (non-hydrogen) atoms. The maximum Gasteiger partial charge on any atom is 0.400 e. The molecule has 6 heteroatoms. The van der Waals surface area contributed by atoms with Gasteiger partial charge in [-0.15, -0.1) is 0 Å². The second-order valence-corrected chi connectivity index (χ2v) is 4.08. The van der Waals surface area contributed by atoms with Crippen LogP contribution < -0.4 is 0 Å². The van der Waals surface area contributed by atoms with Gasteiger partial charge in [0, 0.05) is 6.61 Å². The van der Waals surface area contributed by atoms with Crippen LogP contribution in [0.5, 0.6) is 0 Å². The van der Waals surface area contributed by atoms with E-state index in [1.807, 2.05) is 0 Å². The molecule has 1 atom stereocenters. The summed E-state index contributed by atoms with van der Waals surface area (Å²) in [6.07, 6.45) is 1.56. The Morgan fingerprint density at radius 1 is 1.54 bits per heavy atom. The van der Waals surface area contributed by atoms with Gasteiger partial charge in [0.25, 0.3) is 0 Å². The Labute approximate surface area is 78.3 Å². The van der Waals surface area contributed by atoms with E-state index < -0.39 is 16.5 Å². The molecular weight excluding hydrogens is 196 g/mol. The number of rotatable bonds is 5. The Hall–Kier alpha value is -0.170. The molecule has 0 saturated carbocycles. The van der Waals surface area contributed by atoms with Crippen molar-refractivity contribution >= 4 is 10.4 Å². The van der Waals surface area contributed by atoms with Gasteiger partial charge in [0.05, 0.1) is 13.2 Å². The highest BCUT2D eigenvalue weighted by Crippen LogP contribution is 2.12. The first-order valence-corrected chi connectivity index (χ1v) is 5.63. The molecule has 0 spiro atoms. The molecule has 1 fully saturated rings. The molecule has 78 valence electrons. The molecule has 1 heterocycles. The number of hydrogen-bond acceptors (Lipinski definition) is 5. The van der Waals surface area contributed by atoms with E-state index in [1.54, 1.807) is 0 Å². The minimum atomic E-state index is -3.72. The van der Waals surface area contributed by atoms with E-state index in [4.69, 9.17) is 4.74 Å². The molecule has 1 rings (SSSR count). The Kier molecular flexibility index (Phi) is 4.11. The zero-order valence-electron chi connectivity index (χ0n) is 7.56. The van der Waals surface area contributed by atoms with Gasteiger partial charge < -0.3 is 4.74 Å². The van der Waals surface area contributed by atoms with Crippen molar-refractivity contribution in [3.63, 3.8) is 0 Å². The van der Waals surface area contributed by atoms with Gasteiger partial charge >= 0.3 is 10.4 Å². The summed E-state index contributed by atoms with van der Waals surface area (Å²) in [7, 11) is -3.72. The quantitative estimate of drug-likeness (QED) is 0.617. The highest BCUT2D eigenvalue weighted by Gasteiger charge is 2.29. The summed E-state index contributed by atoms with van der Waals surface area (Å²) in [5.74, 6) is 0. The van der Waals surface area contributed by atoms with Gasteiger partial charge in [-0.25, -0.2) is 8.37 Å². The van der Waals surface area contributed by atoms with Crippen LogP contribution in [0.3, 0.4) is 0 Å². The van der Waals surface area contributed by atoms with Crippen LogP contribution in [-0.2, 0) is 23.5 Å². The van der Waals surface area contributed by atoms with E-state index in [9.17, 15) is 8.42 Å². The fourth-order valence-electron chi connectivity index (χ4n) is 0.919. The first-order valence-electron chi connectivity index (χ1n) is 4.29. The first-order chi connectivity index (χ1) is 6.14. The fraction of sp³-hybridized carbons (Fsp3) is 1.00. The monoisotopic (exact) mass is 210 g/mol. The van der Waals surface area contributed by atoms with Gasteiger partial charge in [-0.05, 0) is 6.42 Å². The van der Waals surface area contributed by atoms with Crippen molar-refractivity contribution in [3.8, 4) is 0 Å². The van der Waals surface area contributed by atoms with Crippen LogP contribution >= 0.6 is 0 Å². The van der Waals surface area contributed by atoms with E-state index >= 15 is 0 Å². The Balaban J connectivity index is 2.11. The zero-order chi connectivity index (χ0) is 9.73. The van der Waals surface area contributed by atoms with Crippen LogP contribution in [0.15, 0.2) is 0 Å². The van der Waals surface area contributed by atoms with E-state index in [0.29, 0.717) is 6.61 Å². The molecule has 0 N–H and O–H groups in total. The zero-order valence-corrected chi connectivity index (χ0v) is 8.38. The third kappa shape index (κ3) is 4.04. The SMILES string of the molecule is CCCCOC[C@H]1COS(=O)(=O)O1. The Morgan fingerprint density at radius 2 is 2.31 bits per heavy atom. The summed E-state index contributed by atoms with van der Waals surface area (Å²) >= 11 is 0. The predicted octanol–water partition coefficient (Wildman–Crippen LogP) is 0.463. The first kappa shape index (κ1) is 10.9. The van der Waals surface area contributed by atoms with E-state index in [0.717, 1.165) is 12.8 Å². The fourth-order valence-corrected chi connectivity index (χ4v) is 1.74. The maximum absolute atomic E-state index is 10.6. The van der Waals surface area contributed by atoms with Crippen molar-refractivity contribution in [2.24, 2.45) is 0 Å².